The molecule has 0 amide bonds. The van der Waals surface area contributed by atoms with E-state index in [9.17, 15) is 19.5 Å². The first-order valence-corrected chi connectivity index (χ1v) is 11.7. The summed E-state index contributed by atoms with van der Waals surface area (Å²) in [4.78, 5) is 39.0. The van der Waals surface area contributed by atoms with Gasteiger partial charge in [-0.2, -0.15) is 0 Å². The average Bonchev–Trinajstić information content (AvgIpc) is 2.77. The molecule has 6 nitrogen and oxygen atoms in total. The van der Waals surface area contributed by atoms with E-state index in [4.69, 9.17) is 9.47 Å². The van der Waals surface area contributed by atoms with Crippen molar-refractivity contribution in [1.29, 1.82) is 0 Å². The number of aliphatic hydroxyl groups is 1. The Morgan fingerprint density at radius 1 is 1.09 bits per heavy atom. The predicted molar refractivity (Wildman–Crippen MR) is 126 cm³/mol. The second kappa shape index (κ2) is 11.2. The van der Waals surface area contributed by atoms with E-state index in [1.165, 1.54) is 13.0 Å². The molecule has 1 aliphatic heterocycles. The number of esters is 1. The molecule has 0 radical (unpaired) electrons. The fourth-order valence-electron chi connectivity index (χ4n) is 4.18. The number of allylic oxidation sites excluding steroid dienone is 1. The van der Waals surface area contributed by atoms with Crippen molar-refractivity contribution >= 4 is 17.5 Å². The molecule has 0 aliphatic carbocycles. The highest BCUT2D eigenvalue weighted by atomic mass is 16.6. The maximum atomic E-state index is 13.2. The number of carbonyl (C=O) groups excluding carboxylic acids is 3. The molecule has 0 aromatic heterocycles. The number of hydrogen-bond donors (Lipinski definition) is 1. The number of carbonyl (C=O) groups is 3. The van der Waals surface area contributed by atoms with Crippen molar-refractivity contribution in [2.75, 3.05) is 0 Å². The maximum absolute atomic E-state index is 13.2. The Balaban J connectivity index is 2.38. The van der Waals surface area contributed by atoms with Gasteiger partial charge in [0.05, 0.1) is 18.6 Å². The molecule has 0 saturated heterocycles. The highest BCUT2D eigenvalue weighted by Crippen LogP contribution is 2.32. The third kappa shape index (κ3) is 7.08. The number of ether oxygens (including phenoxy) is 2. The molecule has 6 heteroatoms. The van der Waals surface area contributed by atoms with E-state index in [0.29, 0.717) is 6.42 Å². The zero-order valence-corrected chi connectivity index (χ0v) is 20.7. The van der Waals surface area contributed by atoms with E-state index in [0.717, 1.165) is 5.56 Å². The lowest BCUT2D eigenvalue weighted by Gasteiger charge is -2.33. The highest BCUT2D eigenvalue weighted by molar-refractivity contribution is 5.97. The van der Waals surface area contributed by atoms with Crippen LogP contribution in [0.25, 0.3) is 0 Å². The number of rotatable bonds is 4. The van der Waals surface area contributed by atoms with Crippen molar-refractivity contribution in [2.24, 2.45) is 17.3 Å². The molecule has 1 aromatic rings. The summed E-state index contributed by atoms with van der Waals surface area (Å²) in [6.07, 6.45) is 2.20. The maximum Gasteiger partial charge on any atom is 0.311 e. The van der Waals surface area contributed by atoms with E-state index < -0.39 is 40.9 Å². The summed E-state index contributed by atoms with van der Waals surface area (Å²) in [6.45, 7) is 10.7. The molecule has 33 heavy (non-hydrogen) atoms. The van der Waals surface area contributed by atoms with E-state index in [2.05, 4.69) is 0 Å². The van der Waals surface area contributed by atoms with Gasteiger partial charge in [-0.15, -0.1) is 0 Å². The largest absolute Gasteiger partial charge is 0.459 e. The Hall–Kier alpha value is -2.31. The fraction of sp³-hybridized carbons (Fsp3) is 0.593. The summed E-state index contributed by atoms with van der Waals surface area (Å²) >= 11 is 0. The van der Waals surface area contributed by atoms with Crippen LogP contribution in [0.3, 0.4) is 0 Å². The Labute approximate surface area is 197 Å². The molecule has 0 saturated carbocycles. The number of hydrogen-bond acceptors (Lipinski definition) is 6. The second-order valence-electron chi connectivity index (χ2n) is 10.0. The van der Waals surface area contributed by atoms with Crippen LogP contribution in [0.4, 0.5) is 0 Å². The van der Waals surface area contributed by atoms with E-state index >= 15 is 0 Å². The first-order valence-electron chi connectivity index (χ1n) is 11.7. The lowest BCUT2D eigenvalue weighted by molar-refractivity contribution is -0.176. The van der Waals surface area contributed by atoms with Crippen molar-refractivity contribution in [2.45, 2.75) is 85.2 Å². The lowest BCUT2D eigenvalue weighted by atomic mass is 9.76. The zero-order valence-electron chi connectivity index (χ0n) is 20.7. The van der Waals surface area contributed by atoms with Gasteiger partial charge in [0.15, 0.2) is 11.4 Å². The van der Waals surface area contributed by atoms with Gasteiger partial charge in [-0.3, -0.25) is 14.4 Å². The van der Waals surface area contributed by atoms with Crippen molar-refractivity contribution in [3.63, 3.8) is 0 Å². The third-order valence-electron chi connectivity index (χ3n) is 6.54. The summed E-state index contributed by atoms with van der Waals surface area (Å²) in [5, 5.41) is 10.9. The highest BCUT2D eigenvalue weighted by Gasteiger charge is 2.42. The molecular formula is C27H38O6. The Kier molecular flexibility index (Phi) is 9.15. The number of benzene rings is 1. The zero-order chi connectivity index (χ0) is 24.8. The molecule has 2 rings (SSSR count). The van der Waals surface area contributed by atoms with Gasteiger partial charge in [-0.1, -0.05) is 64.1 Å². The van der Waals surface area contributed by atoms with Crippen LogP contribution in [-0.2, 0) is 30.5 Å². The van der Waals surface area contributed by atoms with Crippen LogP contribution in [-0.4, -0.2) is 40.5 Å². The van der Waals surface area contributed by atoms with Crippen LogP contribution in [0, 0.1) is 17.3 Å². The number of Topliss-reactive ketones (excluding diaryl/α,β-unsaturated/α-hetero) is 1. The molecule has 0 bridgehead atoms. The minimum absolute atomic E-state index is 0.0112. The van der Waals surface area contributed by atoms with Gasteiger partial charge in [-0.25, -0.2) is 0 Å². The molecular weight excluding hydrogens is 420 g/mol. The quantitative estimate of drug-likeness (QED) is 0.672. The summed E-state index contributed by atoms with van der Waals surface area (Å²) in [5.41, 5.74) is -1.59. The summed E-state index contributed by atoms with van der Waals surface area (Å²) in [5.74, 6) is -1.96. The predicted octanol–water partition coefficient (Wildman–Crippen LogP) is 4.43. The summed E-state index contributed by atoms with van der Waals surface area (Å²) in [7, 11) is 0. The number of ketones is 2. The topological polar surface area (TPSA) is 89.9 Å². The van der Waals surface area contributed by atoms with Crippen LogP contribution in [0.5, 0.6) is 0 Å². The monoisotopic (exact) mass is 458 g/mol. The van der Waals surface area contributed by atoms with Crippen molar-refractivity contribution in [1.82, 2.24) is 0 Å². The number of cyclic esters (lactones) is 1. The fourth-order valence-corrected chi connectivity index (χ4v) is 4.18. The van der Waals surface area contributed by atoms with Gasteiger partial charge in [0.1, 0.15) is 11.9 Å². The lowest BCUT2D eigenvalue weighted by Crippen LogP contribution is -2.49. The van der Waals surface area contributed by atoms with Crippen LogP contribution >= 0.6 is 0 Å². The van der Waals surface area contributed by atoms with Crippen LogP contribution < -0.4 is 0 Å². The van der Waals surface area contributed by atoms with Gasteiger partial charge in [0.25, 0.3) is 0 Å². The minimum Gasteiger partial charge on any atom is -0.459 e. The SMILES string of the molecule is CC[C@H]1OC(=O)[C@H](C)[C@@H](OCc2ccccc2)CC(=O)C(C)(C)C[C@@H](C)/C=C/C(=O)[C@]1(C)O. The van der Waals surface area contributed by atoms with Gasteiger partial charge >= 0.3 is 5.97 Å². The van der Waals surface area contributed by atoms with Crippen molar-refractivity contribution in [3.05, 3.63) is 48.0 Å². The average molecular weight is 459 g/mol. The molecule has 1 aliphatic rings. The Morgan fingerprint density at radius 3 is 2.33 bits per heavy atom. The second-order valence-corrected chi connectivity index (χ2v) is 10.0. The first-order chi connectivity index (χ1) is 15.4. The summed E-state index contributed by atoms with van der Waals surface area (Å²) in [6, 6.07) is 9.55. The standard InChI is InChI=1S/C27H38O6/c1-7-24-27(6,31)22(28)14-13-18(2)16-26(4,5)23(29)15-21(19(3)25(30)33-24)32-17-20-11-9-8-10-12-20/h8-14,18-19,21,24,31H,7,15-17H2,1-6H3/b14-13+/t18-,19+,21-,24+,27-/m0/s1. The summed E-state index contributed by atoms with van der Waals surface area (Å²) < 4.78 is 11.7. The van der Waals surface area contributed by atoms with Gasteiger partial charge in [0.2, 0.25) is 0 Å². The van der Waals surface area contributed by atoms with E-state index in [-0.39, 0.29) is 31.1 Å². The molecule has 182 valence electrons. The molecule has 1 N–H and O–H groups in total. The molecule has 1 heterocycles. The third-order valence-corrected chi connectivity index (χ3v) is 6.54. The van der Waals surface area contributed by atoms with Crippen LogP contribution in [0.2, 0.25) is 0 Å². The molecule has 1 aromatic carbocycles. The molecule has 0 fully saturated rings. The van der Waals surface area contributed by atoms with E-state index in [1.807, 2.05) is 51.1 Å². The smallest absolute Gasteiger partial charge is 0.311 e. The first kappa shape index (κ1) is 26.9. The van der Waals surface area contributed by atoms with Crippen molar-refractivity contribution in [3.8, 4) is 0 Å². The minimum atomic E-state index is -1.85. The van der Waals surface area contributed by atoms with Crippen molar-refractivity contribution < 1.29 is 29.0 Å². The van der Waals surface area contributed by atoms with Gasteiger partial charge < -0.3 is 14.6 Å². The molecule has 0 unspecified atom stereocenters. The molecule has 5 atom stereocenters. The Bertz CT molecular complexity index is 855. The van der Waals surface area contributed by atoms with Gasteiger partial charge in [0, 0.05) is 11.8 Å². The van der Waals surface area contributed by atoms with Crippen LogP contribution in [0.1, 0.15) is 66.4 Å². The van der Waals surface area contributed by atoms with E-state index in [1.54, 1.807) is 19.9 Å². The van der Waals surface area contributed by atoms with Gasteiger partial charge in [-0.05, 0) is 44.2 Å². The normalized spacial score (nSPS) is 32.6. The van der Waals surface area contributed by atoms with Crippen LogP contribution in [0.15, 0.2) is 42.5 Å². The Morgan fingerprint density at radius 2 is 1.73 bits per heavy atom. The molecule has 0 spiro atoms.